The molecular weight excluding hydrogens is 386 g/mol. The normalized spacial score (nSPS) is 23.9. The van der Waals surface area contributed by atoms with Gasteiger partial charge in [0.2, 0.25) is 5.91 Å². The Morgan fingerprint density at radius 1 is 1.00 bits per heavy atom. The number of nitrogens with zero attached hydrogens (tertiary/aromatic N) is 2. The molecule has 1 aromatic heterocycles. The molecule has 2 aliphatic heterocycles. The van der Waals surface area contributed by atoms with Gasteiger partial charge in [0.1, 0.15) is 0 Å². The SMILES string of the molecule is CC(=O)Nc1ccc(-c2ccc(=O)n3c2C2CC(CN(CC4CCCCC4)C2)C3)cc1. The van der Waals surface area contributed by atoms with Crippen molar-refractivity contribution < 1.29 is 4.79 Å². The summed E-state index contributed by atoms with van der Waals surface area (Å²) in [6.45, 7) is 5.78. The van der Waals surface area contributed by atoms with Crippen LogP contribution < -0.4 is 10.9 Å². The number of likely N-dealkylation sites (tertiary alicyclic amines) is 1. The number of fused-ring (bicyclic) bond motifs is 4. The van der Waals surface area contributed by atoms with E-state index in [4.69, 9.17) is 0 Å². The van der Waals surface area contributed by atoms with Gasteiger partial charge < -0.3 is 14.8 Å². The number of piperidine rings is 1. The molecule has 1 saturated carbocycles. The van der Waals surface area contributed by atoms with Crippen molar-refractivity contribution in [3.8, 4) is 11.1 Å². The number of carbonyl (C=O) groups excluding carboxylic acids is 1. The molecule has 1 N–H and O–H groups in total. The molecule has 5 rings (SSSR count). The second-order valence-corrected chi connectivity index (χ2v) is 9.86. The minimum absolute atomic E-state index is 0.0669. The zero-order valence-electron chi connectivity index (χ0n) is 18.5. The highest BCUT2D eigenvalue weighted by molar-refractivity contribution is 5.89. The van der Waals surface area contributed by atoms with E-state index in [0.717, 1.165) is 42.4 Å². The summed E-state index contributed by atoms with van der Waals surface area (Å²) >= 11 is 0. The van der Waals surface area contributed by atoms with Crippen LogP contribution in [0.5, 0.6) is 0 Å². The van der Waals surface area contributed by atoms with E-state index in [-0.39, 0.29) is 11.5 Å². The summed E-state index contributed by atoms with van der Waals surface area (Å²) < 4.78 is 2.05. The maximum atomic E-state index is 12.8. The average molecular weight is 420 g/mol. The zero-order chi connectivity index (χ0) is 21.4. The molecule has 5 nitrogen and oxygen atoms in total. The Labute approximate surface area is 184 Å². The van der Waals surface area contributed by atoms with E-state index in [0.29, 0.717) is 11.8 Å². The van der Waals surface area contributed by atoms with E-state index in [2.05, 4.69) is 22.3 Å². The van der Waals surface area contributed by atoms with Gasteiger partial charge in [0, 0.05) is 62.0 Å². The van der Waals surface area contributed by atoms with Gasteiger partial charge in [-0.15, -0.1) is 0 Å². The van der Waals surface area contributed by atoms with Crippen LogP contribution in [-0.2, 0) is 11.3 Å². The summed E-state index contributed by atoms with van der Waals surface area (Å²) in [4.78, 5) is 26.8. The predicted octanol–water partition coefficient (Wildman–Crippen LogP) is 4.47. The first-order chi connectivity index (χ1) is 15.1. The monoisotopic (exact) mass is 419 g/mol. The minimum Gasteiger partial charge on any atom is -0.326 e. The second-order valence-electron chi connectivity index (χ2n) is 9.86. The van der Waals surface area contributed by atoms with Crippen LogP contribution in [0, 0.1) is 11.8 Å². The molecule has 1 saturated heterocycles. The molecule has 3 aliphatic rings. The third-order valence-electron chi connectivity index (χ3n) is 7.42. The average Bonchev–Trinajstić information content (AvgIpc) is 2.75. The summed E-state index contributed by atoms with van der Waals surface area (Å²) in [7, 11) is 0. The van der Waals surface area contributed by atoms with Crippen molar-refractivity contribution >= 4 is 11.6 Å². The number of rotatable bonds is 4. The lowest BCUT2D eigenvalue weighted by Gasteiger charge is -2.44. The first-order valence-electron chi connectivity index (χ1n) is 11.9. The topological polar surface area (TPSA) is 54.3 Å². The van der Waals surface area contributed by atoms with Gasteiger partial charge in [-0.25, -0.2) is 0 Å². The molecule has 0 radical (unpaired) electrons. The Kier molecular flexibility index (Phi) is 5.70. The summed E-state index contributed by atoms with van der Waals surface area (Å²) in [6.07, 6.45) is 8.13. The van der Waals surface area contributed by atoms with Gasteiger partial charge in [-0.3, -0.25) is 9.59 Å². The minimum atomic E-state index is -0.0669. The van der Waals surface area contributed by atoms with Gasteiger partial charge in [-0.05, 0) is 54.9 Å². The van der Waals surface area contributed by atoms with Crippen molar-refractivity contribution in [1.29, 1.82) is 0 Å². The quantitative estimate of drug-likeness (QED) is 0.795. The number of pyridine rings is 1. The van der Waals surface area contributed by atoms with E-state index in [1.807, 2.05) is 22.8 Å². The van der Waals surface area contributed by atoms with E-state index in [1.165, 1.54) is 57.7 Å². The molecule has 1 aromatic carbocycles. The van der Waals surface area contributed by atoms with Crippen molar-refractivity contribution in [1.82, 2.24) is 9.47 Å². The number of amides is 1. The molecule has 2 bridgehead atoms. The Balaban J connectivity index is 1.43. The predicted molar refractivity (Wildman–Crippen MR) is 124 cm³/mol. The first kappa shape index (κ1) is 20.5. The number of benzene rings is 1. The number of aromatic nitrogens is 1. The molecule has 1 aliphatic carbocycles. The van der Waals surface area contributed by atoms with E-state index >= 15 is 0 Å². The van der Waals surface area contributed by atoms with E-state index in [9.17, 15) is 9.59 Å². The van der Waals surface area contributed by atoms with Crippen LogP contribution in [0.3, 0.4) is 0 Å². The maximum absolute atomic E-state index is 12.8. The summed E-state index contributed by atoms with van der Waals surface area (Å²) in [5, 5.41) is 2.83. The zero-order valence-corrected chi connectivity index (χ0v) is 18.5. The molecule has 164 valence electrons. The van der Waals surface area contributed by atoms with Crippen LogP contribution in [0.2, 0.25) is 0 Å². The Bertz CT molecular complexity index is 1000. The summed E-state index contributed by atoms with van der Waals surface area (Å²) in [5.74, 6) is 1.77. The highest BCUT2D eigenvalue weighted by atomic mass is 16.1. The smallest absolute Gasteiger partial charge is 0.250 e. The third kappa shape index (κ3) is 4.33. The Morgan fingerprint density at radius 3 is 2.52 bits per heavy atom. The lowest BCUT2D eigenvalue weighted by molar-refractivity contribution is -0.114. The second kappa shape index (κ2) is 8.62. The summed E-state index contributed by atoms with van der Waals surface area (Å²) in [5.41, 5.74) is 4.42. The summed E-state index contributed by atoms with van der Waals surface area (Å²) in [6, 6.07) is 11.7. The molecule has 0 spiro atoms. The highest BCUT2D eigenvalue weighted by Crippen LogP contribution is 2.40. The fraction of sp³-hybridized carbons (Fsp3) is 0.538. The maximum Gasteiger partial charge on any atom is 0.250 e. The van der Waals surface area contributed by atoms with E-state index < -0.39 is 0 Å². The van der Waals surface area contributed by atoms with Gasteiger partial charge in [0.25, 0.3) is 5.56 Å². The largest absolute Gasteiger partial charge is 0.326 e. The number of hydrogen-bond acceptors (Lipinski definition) is 3. The molecule has 2 aromatic rings. The fourth-order valence-electron chi connectivity index (χ4n) is 6.18. The fourth-order valence-corrected chi connectivity index (χ4v) is 6.18. The van der Waals surface area contributed by atoms with Crippen LogP contribution in [0.25, 0.3) is 11.1 Å². The van der Waals surface area contributed by atoms with Crippen LogP contribution in [0.15, 0.2) is 41.2 Å². The van der Waals surface area contributed by atoms with Crippen LogP contribution in [0.1, 0.15) is 57.1 Å². The van der Waals surface area contributed by atoms with Crippen LogP contribution >= 0.6 is 0 Å². The third-order valence-corrected chi connectivity index (χ3v) is 7.42. The van der Waals surface area contributed by atoms with E-state index in [1.54, 1.807) is 6.07 Å². The lowest BCUT2D eigenvalue weighted by atomic mass is 9.79. The van der Waals surface area contributed by atoms with Gasteiger partial charge >= 0.3 is 0 Å². The molecule has 1 amide bonds. The van der Waals surface area contributed by atoms with Crippen molar-refractivity contribution in [3.05, 3.63) is 52.4 Å². The Hall–Kier alpha value is -2.40. The molecule has 31 heavy (non-hydrogen) atoms. The van der Waals surface area contributed by atoms with Gasteiger partial charge in [0.05, 0.1) is 0 Å². The first-order valence-corrected chi connectivity index (χ1v) is 11.9. The number of hydrogen-bond donors (Lipinski definition) is 1. The van der Waals surface area contributed by atoms with Crippen LogP contribution in [-0.4, -0.2) is 35.0 Å². The molecule has 2 atom stereocenters. The van der Waals surface area contributed by atoms with Gasteiger partial charge in [-0.1, -0.05) is 31.4 Å². The van der Waals surface area contributed by atoms with Gasteiger partial charge in [0.15, 0.2) is 0 Å². The standard InChI is InChI=1S/C26H33N3O2/c1-18(30)27-23-9-7-21(8-10-23)24-11-12-25(31)29-16-20-13-22(26(24)29)17-28(15-20)14-19-5-3-2-4-6-19/h7-12,19-20,22H,2-6,13-17H2,1H3,(H,27,30). The van der Waals surface area contributed by atoms with Crippen molar-refractivity contribution in [3.63, 3.8) is 0 Å². The van der Waals surface area contributed by atoms with Crippen molar-refractivity contribution in [2.24, 2.45) is 11.8 Å². The van der Waals surface area contributed by atoms with Crippen molar-refractivity contribution in [2.45, 2.75) is 57.9 Å². The molecule has 5 heteroatoms. The molecule has 3 heterocycles. The number of anilines is 1. The Morgan fingerprint density at radius 2 is 1.77 bits per heavy atom. The van der Waals surface area contributed by atoms with Gasteiger partial charge in [-0.2, -0.15) is 0 Å². The number of carbonyl (C=O) groups is 1. The lowest BCUT2D eigenvalue weighted by Crippen LogP contribution is -2.48. The molecule has 2 fully saturated rings. The molecule has 2 unspecified atom stereocenters. The van der Waals surface area contributed by atoms with Crippen LogP contribution in [0.4, 0.5) is 5.69 Å². The highest BCUT2D eigenvalue weighted by Gasteiger charge is 2.36. The number of nitrogens with one attached hydrogen (secondary N) is 1. The molecular formula is C26H33N3O2. The van der Waals surface area contributed by atoms with Crippen molar-refractivity contribution in [2.75, 3.05) is 25.0 Å².